The molecule has 0 bridgehead atoms. The Hall–Kier alpha value is -2.15. The Labute approximate surface area is 102 Å². The van der Waals surface area contributed by atoms with Crippen molar-refractivity contribution in [2.75, 3.05) is 11.4 Å². The lowest BCUT2D eigenvalue weighted by Gasteiger charge is -2.23. The van der Waals surface area contributed by atoms with Gasteiger partial charge in [0.05, 0.1) is 11.0 Å². The summed E-state index contributed by atoms with van der Waals surface area (Å²) in [5.74, 6) is -1.01. The van der Waals surface area contributed by atoms with Crippen molar-refractivity contribution in [2.24, 2.45) is 0 Å². The van der Waals surface area contributed by atoms with E-state index in [0.29, 0.717) is 5.69 Å². The van der Waals surface area contributed by atoms with Gasteiger partial charge >= 0.3 is 5.97 Å². The molecule has 0 amide bonds. The molecule has 1 aliphatic rings. The van der Waals surface area contributed by atoms with Crippen LogP contribution < -0.4 is 4.90 Å². The maximum absolute atomic E-state index is 11.0. The van der Waals surface area contributed by atoms with Gasteiger partial charge in [0, 0.05) is 30.8 Å². The monoisotopic (exact) mass is 252 g/mol. The van der Waals surface area contributed by atoms with Gasteiger partial charge in [-0.1, -0.05) is 0 Å². The molecule has 7 nitrogen and oxygen atoms in total. The number of carboxylic acids is 1. The van der Waals surface area contributed by atoms with Gasteiger partial charge in [0.15, 0.2) is 0 Å². The van der Waals surface area contributed by atoms with Gasteiger partial charge in [0.25, 0.3) is 5.69 Å². The highest BCUT2D eigenvalue weighted by Gasteiger charge is 2.36. The minimum Gasteiger partial charge on any atom is -0.480 e. The van der Waals surface area contributed by atoms with E-state index in [1.165, 1.54) is 29.2 Å². The highest BCUT2D eigenvalue weighted by atomic mass is 16.6. The van der Waals surface area contributed by atoms with E-state index in [4.69, 9.17) is 5.11 Å². The number of rotatable bonds is 3. The number of aliphatic hydroxyl groups excluding tert-OH is 1. The van der Waals surface area contributed by atoms with Crippen LogP contribution in [-0.2, 0) is 4.79 Å². The number of hydrogen-bond donors (Lipinski definition) is 2. The van der Waals surface area contributed by atoms with E-state index >= 15 is 0 Å². The average molecular weight is 252 g/mol. The second-order valence-corrected chi connectivity index (χ2v) is 4.17. The molecule has 18 heavy (non-hydrogen) atoms. The first kappa shape index (κ1) is 12.3. The summed E-state index contributed by atoms with van der Waals surface area (Å²) in [6, 6.07) is 4.83. The van der Waals surface area contributed by atoms with Crippen LogP contribution in [0.3, 0.4) is 0 Å². The molecule has 1 heterocycles. The summed E-state index contributed by atoms with van der Waals surface area (Å²) in [6.07, 6.45) is -0.534. The number of non-ortho nitro benzene ring substituents is 1. The van der Waals surface area contributed by atoms with Crippen LogP contribution in [-0.4, -0.2) is 39.8 Å². The molecule has 1 aromatic carbocycles. The van der Waals surface area contributed by atoms with E-state index in [1.807, 2.05) is 0 Å². The zero-order valence-corrected chi connectivity index (χ0v) is 9.39. The normalized spacial score (nSPS) is 23.1. The number of benzene rings is 1. The molecule has 0 unspecified atom stereocenters. The SMILES string of the molecule is O=C(O)[C@H]1C[C@@H](O)CN1c1ccc([N+](=O)[O-])cc1. The van der Waals surface area contributed by atoms with Crippen molar-refractivity contribution in [3.05, 3.63) is 34.4 Å². The molecule has 96 valence electrons. The Kier molecular flexibility index (Phi) is 3.15. The number of nitro benzene ring substituents is 1. The van der Waals surface area contributed by atoms with Crippen molar-refractivity contribution < 1.29 is 19.9 Å². The third-order valence-electron chi connectivity index (χ3n) is 2.96. The van der Waals surface area contributed by atoms with Crippen LogP contribution in [0.2, 0.25) is 0 Å². The molecule has 2 rings (SSSR count). The highest BCUT2D eigenvalue weighted by molar-refractivity contribution is 5.79. The summed E-state index contributed by atoms with van der Waals surface area (Å²) >= 11 is 0. The van der Waals surface area contributed by atoms with Crippen molar-refractivity contribution in [1.82, 2.24) is 0 Å². The third kappa shape index (κ3) is 2.25. The second-order valence-electron chi connectivity index (χ2n) is 4.17. The van der Waals surface area contributed by atoms with Crippen molar-refractivity contribution in [2.45, 2.75) is 18.6 Å². The molecule has 2 N–H and O–H groups in total. The Bertz CT molecular complexity index is 473. The van der Waals surface area contributed by atoms with Gasteiger partial charge in [0.2, 0.25) is 0 Å². The number of anilines is 1. The molecule has 1 fully saturated rings. The van der Waals surface area contributed by atoms with Gasteiger partial charge in [-0.2, -0.15) is 0 Å². The van der Waals surface area contributed by atoms with Crippen LogP contribution in [0.15, 0.2) is 24.3 Å². The number of hydrogen-bond acceptors (Lipinski definition) is 5. The van der Waals surface area contributed by atoms with Crippen LogP contribution in [0.1, 0.15) is 6.42 Å². The first-order valence-corrected chi connectivity index (χ1v) is 5.41. The quantitative estimate of drug-likeness (QED) is 0.603. The molecule has 1 aromatic rings. The maximum Gasteiger partial charge on any atom is 0.326 e. The number of carboxylic acid groups (broad SMARTS) is 1. The predicted molar refractivity (Wildman–Crippen MR) is 62.5 cm³/mol. The van der Waals surface area contributed by atoms with Crippen molar-refractivity contribution in [3.8, 4) is 0 Å². The smallest absolute Gasteiger partial charge is 0.326 e. The largest absolute Gasteiger partial charge is 0.480 e. The van der Waals surface area contributed by atoms with Crippen molar-refractivity contribution in [3.63, 3.8) is 0 Å². The number of nitrogens with zero attached hydrogens (tertiary/aromatic N) is 2. The van der Waals surface area contributed by atoms with E-state index in [-0.39, 0.29) is 18.7 Å². The van der Waals surface area contributed by atoms with E-state index in [0.717, 1.165) is 0 Å². The summed E-state index contributed by atoms with van der Waals surface area (Å²) in [5.41, 5.74) is 0.509. The molecule has 0 aliphatic carbocycles. The topological polar surface area (TPSA) is 104 Å². The first-order chi connectivity index (χ1) is 8.49. The molecule has 0 aromatic heterocycles. The molecule has 0 spiro atoms. The van der Waals surface area contributed by atoms with Crippen LogP contribution in [0, 0.1) is 10.1 Å². The fourth-order valence-corrected chi connectivity index (χ4v) is 2.10. The van der Waals surface area contributed by atoms with Crippen LogP contribution in [0.25, 0.3) is 0 Å². The van der Waals surface area contributed by atoms with E-state index in [2.05, 4.69) is 0 Å². The van der Waals surface area contributed by atoms with Gasteiger partial charge in [-0.25, -0.2) is 4.79 Å². The summed E-state index contributed by atoms with van der Waals surface area (Å²) in [7, 11) is 0. The molecule has 7 heteroatoms. The van der Waals surface area contributed by atoms with E-state index in [1.54, 1.807) is 0 Å². The highest BCUT2D eigenvalue weighted by Crippen LogP contribution is 2.27. The van der Waals surface area contributed by atoms with Crippen LogP contribution in [0.4, 0.5) is 11.4 Å². The molecule has 0 radical (unpaired) electrons. The minimum absolute atomic E-state index is 0.0506. The second kappa shape index (κ2) is 4.61. The van der Waals surface area contributed by atoms with Crippen LogP contribution >= 0.6 is 0 Å². The molecular weight excluding hydrogens is 240 g/mol. The number of aliphatic hydroxyl groups is 1. The number of carbonyl (C=O) groups is 1. The van der Waals surface area contributed by atoms with Crippen LogP contribution in [0.5, 0.6) is 0 Å². The summed E-state index contributed by atoms with van der Waals surface area (Å²) in [6.45, 7) is 0.217. The number of β-amino-alcohol motifs (C(OH)–C–C–N with tert-alkyl or cyclic N) is 1. The zero-order valence-electron chi connectivity index (χ0n) is 9.39. The maximum atomic E-state index is 11.0. The van der Waals surface area contributed by atoms with Crippen molar-refractivity contribution in [1.29, 1.82) is 0 Å². The van der Waals surface area contributed by atoms with Gasteiger partial charge in [0.1, 0.15) is 6.04 Å². The lowest BCUT2D eigenvalue weighted by atomic mass is 10.2. The summed E-state index contributed by atoms with van der Waals surface area (Å²) in [4.78, 5) is 22.6. The minimum atomic E-state index is -1.01. The van der Waals surface area contributed by atoms with E-state index in [9.17, 15) is 20.0 Å². The molecule has 1 saturated heterocycles. The summed E-state index contributed by atoms with van der Waals surface area (Å²) < 4.78 is 0. The van der Waals surface area contributed by atoms with Gasteiger partial charge in [-0.05, 0) is 12.1 Å². The predicted octanol–water partition coefficient (Wildman–Crippen LogP) is 0.619. The van der Waals surface area contributed by atoms with Gasteiger partial charge in [-0.3, -0.25) is 10.1 Å². The Morgan fingerprint density at radius 2 is 2.00 bits per heavy atom. The number of aliphatic carboxylic acids is 1. The Balaban J connectivity index is 2.24. The average Bonchev–Trinajstić information content (AvgIpc) is 2.71. The summed E-state index contributed by atoms with van der Waals surface area (Å²) in [5, 5.41) is 29.1. The van der Waals surface area contributed by atoms with E-state index < -0.39 is 23.0 Å². The molecular formula is C11H12N2O5. The molecule has 2 atom stereocenters. The first-order valence-electron chi connectivity index (χ1n) is 5.41. The standard InChI is InChI=1S/C11H12N2O5/c14-9-5-10(11(15)16)12(6-9)7-1-3-8(4-2-7)13(17)18/h1-4,9-10,14H,5-6H2,(H,15,16)/t9-,10-/m1/s1. The van der Waals surface area contributed by atoms with Gasteiger partial charge in [-0.15, -0.1) is 0 Å². The van der Waals surface area contributed by atoms with Gasteiger partial charge < -0.3 is 15.1 Å². The van der Waals surface area contributed by atoms with Crippen molar-refractivity contribution >= 4 is 17.3 Å². The fraction of sp³-hybridized carbons (Fsp3) is 0.364. The lowest BCUT2D eigenvalue weighted by molar-refractivity contribution is -0.384. The fourth-order valence-electron chi connectivity index (χ4n) is 2.10. The third-order valence-corrected chi connectivity index (χ3v) is 2.96. The zero-order chi connectivity index (χ0) is 13.3. The Morgan fingerprint density at radius 3 is 2.50 bits per heavy atom. The Morgan fingerprint density at radius 1 is 1.39 bits per heavy atom. The molecule has 1 aliphatic heterocycles. The number of nitro groups is 1. The lowest BCUT2D eigenvalue weighted by Crippen LogP contribution is -2.35. The molecule has 0 saturated carbocycles.